The van der Waals surface area contributed by atoms with Crippen LogP contribution in [-0.4, -0.2) is 18.2 Å². The van der Waals surface area contributed by atoms with Crippen molar-refractivity contribution in [2.75, 3.05) is 6.54 Å². The number of hydrogen-bond donors (Lipinski definition) is 1. The Balaban J connectivity index is 1.98. The molecule has 0 radical (unpaired) electrons. The van der Waals surface area contributed by atoms with Crippen LogP contribution < -0.4 is 5.32 Å². The summed E-state index contributed by atoms with van der Waals surface area (Å²) in [5.74, 6) is 0.233. The molecule has 3 heteroatoms. The van der Waals surface area contributed by atoms with E-state index in [-0.39, 0.29) is 12.0 Å². The molecule has 0 bridgehead atoms. The quantitative estimate of drug-likeness (QED) is 0.766. The first-order valence-corrected chi connectivity index (χ1v) is 8.69. The lowest BCUT2D eigenvalue weighted by Gasteiger charge is -2.20. The van der Waals surface area contributed by atoms with Crippen molar-refractivity contribution in [2.24, 2.45) is 0 Å². The number of amides is 1. The van der Waals surface area contributed by atoms with E-state index in [1.54, 1.807) is 0 Å². The first-order valence-electron chi connectivity index (χ1n) is 8.69. The predicted octanol–water partition coefficient (Wildman–Crippen LogP) is 5.40. The standard InChI is InChI=1S/C22H27NO2/c1-22(2,3)25-21(24)23-17-16-20(19-12-8-5-9-13-19)15-14-18-10-6-4-7-11-18/h4-15,20H,16-17H2,1-3H3,(H,23,24)/b15-14+/t20-/m0/s1. The summed E-state index contributed by atoms with van der Waals surface area (Å²) in [6.45, 7) is 6.15. The number of alkyl carbamates (subject to hydrolysis) is 1. The van der Waals surface area contributed by atoms with E-state index in [9.17, 15) is 4.79 Å². The van der Waals surface area contributed by atoms with Gasteiger partial charge in [0.15, 0.2) is 0 Å². The van der Waals surface area contributed by atoms with Crippen LogP contribution in [-0.2, 0) is 4.74 Å². The van der Waals surface area contributed by atoms with E-state index >= 15 is 0 Å². The van der Waals surface area contributed by atoms with E-state index in [0.717, 1.165) is 6.42 Å². The molecule has 0 aromatic heterocycles. The lowest BCUT2D eigenvalue weighted by molar-refractivity contribution is 0.0527. The van der Waals surface area contributed by atoms with Gasteiger partial charge >= 0.3 is 6.09 Å². The summed E-state index contributed by atoms with van der Waals surface area (Å²) in [5, 5.41) is 2.84. The zero-order valence-corrected chi connectivity index (χ0v) is 15.2. The molecular weight excluding hydrogens is 310 g/mol. The average molecular weight is 337 g/mol. The van der Waals surface area contributed by atoms with Gasteiger partial charge in [0.05, 0.1) is 0 Å². The van der Waals surface area contributed by atoms with Crippen molar-refractivity contribution in [3.63, 3.8) is 0 Å². The molecule has 1 N–H and O–H groups in total. The molecule has 0 saturated carbocycles. The Labute approximate surface area is 150 Å². The van der Waals surface area contributed by atoms with E-state index in [1.165, 1.54) is 11.1 Å². The number of carbonyl (C=O) groups is 1. The van der Waals surface area contributed by atoms with Gasteiger partial charge in [-0.15, -0.1) is 0 Å². The largest absolute Gasteiger partial charge is 0.444 e. The third-order valence-corrected chi connectivity index (χ3v) is 3.67. The van der Waals surface area contributed by atoms with Gasteiger partial charge in [0.25, 0.3) is 0 Å². The zero-order chi connectivity index (χ0) is 18.1. The van der Waals surface area contributed by atoms with Crippen LogP contribution in [0.3, 0.4) is 0 Å². The molecule has 0 aliphatic heterocycles. The smallest absolute Gasteiger partial charge is 0.407 e. The number of allylic oxidation sites excluding steroid dienone is 1. The molecule has 25 heavy (non-hydrogen) atoms. The van der Waals surface area contributed by atoms with E-state index < -0.39 is 5.60 Å². The van der Waals surface area contributed by atoms with Crippen molar-refractivity contribution in [1.82, 2.24) is 5.32 Å². The summed E-state index contributed by atoms with van der Waals surface area (Å²) in [6, 6.07) is 20.6. The van der Waals surface area contributed by atoms with Crippen LogP contribution in [0.4, 0.5) is 4.79 Å². The van der Waals surface area contributed by atoms with Crippen LogP contribution in [0.15, 0.2) is 66.7 Å². The van der Waals surface area contributed by atoms with Gasteiger partial charge in [0, 0.05) is 12.5 Å². The van der Waals surface area contributed by atoms with E-state index in [1.807, 2.05) is 57.2 Å². The lowest BCUT2D eigenvalue weighted by atomic mass is 9.94. The highest BCUT2D eigenvalue weighted by molar-refractivity contribution is 5.67. The molecule has 0 aliphatic carbocycles. The Morgan fingerprint density at radius 2 is 1.64 bits per heavy atom. The van der Waals surface area contributed by atoms with Crippen LogP contribution in [0.2, 0.25) is 0 Å². The Morgan fingerprint density at radius 3 is 2.24 bits per heavy atom. The number of nitrogens with one attached hydrogen (secondary N) is 1. The summed E-state index contributed by atoms with van der Waals surface area (Å²) in [6.07, 6.45) is 4.77. The van der Waals surface area contributed by atoms with Gasteiger partial charge in [-0.05, 0) is 38.3 Å². The monoisotopic (exact) mass is 337 g/mol. The van der Waals surface area contributed by atoms with Gasteiger partial charge in [0.1, 0.15) is 5.60 Å². The molecule has 2 aromatic rings. The summed E-state index contributed by atoms with van der Waals surface area (Å²) >= 11 is 0. The Bertz CT molecular complexity index is 672. The maximum atomic E-state index is 11.8. The molecule has 0 aliphatic rings. The second-order valence-corrected chi connectivity index (χ2v) is 7.00. The molecule has 0 fully saturated rings. The van der Waals surface area contributed by atoms with Gasteiger partial charge in [-0.3, -0.25) is 0 Å². The fourth-order valence-electron chi connectivity index (χ4n) is 2.51. The highest BCUT2D eigenvalue weighted by Crippen LogP contribution is 2.22. The maximum absolute atomic E-state index is 11.8. The molecule has 2 aromatic carbocycles. The van der Waals surface area contributed by atoms with Crippen LogP contribution in [0.1, 0.15) is 44.2 Å². The molecule has 0 saturated heterocycles. The molecule has 1 amide bonds. The van der Waals surface area contributed by atoms with Crippen molar-refractivity contribution in [3.8, 4) is 0 Å². The van der Waals surface area contributed by atoms with Crippen molar-refractivity contribution in [1.29, 1.82) is 0 Å². The van der Waals surface area contributed by atoms with Crippen molar-refractivity contribution in [3.05, 3.63) is 77.9 Å². The third kappa shape index (κ3) is 7.25. The van der Waals surface area contributed by atoms with Gasteiger partial charge in [-0.1, -0.05) is 72.8 Å². The van der Waals surface area contributed by atoms with Crippen LogP contribution >= 0.6 is 0 Å². The molecule has 0 spiro atoms. The van der Waals surface area contributed by atoms with Crippen LogP contribution in [0.5, 0.6) is 0 Å². The van der Waals surface area contributed by atoms with Crippen LogP contribution in [0.25, 0.3) is 6.08 Å². The van der Waals surface area contributed by atoms with Gasteiger partial charge in [-0.2, -0.15) is 0 Å². The minimum atomic E-state index is -0.476. The third-order valence-electron chi connectivity index (χ3n) is 3.67. The highest BCUT2D eigenvalue weighted by atomic mass is 16.6. The zero-order valence-electron chi connectivity index (χ0n) is 15.2. The normalized spacial score (nSPS) is 12.8. The summed E-state index contributed by atoms with van der Waals surface area (Å²) in [4.78, 5) is 11.8. The first kappa shape index (κ1) is 18.8. The Kier molecular flexibility index (Phi) is 6.81. The number of ether oxygens (including phenoxy) is 1. The first-order chi connectivity index (χ1) is 11.9. The Morgan fingerprint density at radius 1 is 1.04 bits per heavy atom. The van der Waals surface area contributed by atoms with E-state index in [0.29, 0.717) is 6.54 Å². The molecule has 0 unspecified atom stereocenters. The minimum absolute atomic E-state index is 0.233. The fourth-order valence-corrected chi connectivity index (χ4v) is 2.51. The molecule has 1 atom stereocenters. The lowest BCUT2D eigenvalue weighted by Crippen LogP contribution is -2.33. The molecule has 0 heterocycles. The predicted molar refractivity (Wildman–Crippen MR) is 104 cm³/mol. The minimum Gasteiger partial charge on any atom is -0.444 e. The van der Waals surface area contributed by atoms with E-state index in [4.69, 9.17) is 4.74 Å². The maximum Gasteiger partial charge on any atom is 0.407 e. The van der Waals surface area contributed by atoms with Crippen molar-refractivity contribution < 1.29 is 9.53 Å². The van der Waals surface area contributed by atoms with Gasteiger partial charge in [-0.25, -0.2) is 4.79 Å². The number of hydrogen-bond acceptors (Lipinski definition) is 2. The number of benzene rings is 2. The average Bonchev–Trinajstić information content (AvgIpc) is 2.58. The second-order valence-electron chi connectivity index (χ2n) is 7.00. The second kappa shape index (κ2) is 9.07. The summed E-state index contributed by atoms with van der Waals surface area (Å²) in [7, 11) is 0. The van der Waals surface area contributed by atoms with Crippen molar-refractivity contribution in [2.45, 2.75) is 38.7 Å². The fraction of sp³-hybridized carbons (Fsp3) is 0.318. The topological polar surface area (TPSA) is 38.3 Å². The summed E-state index contributed by atoms with van der Waals surface area (Å²) < 4.78 is 5.29. The number of carbonyl (C=O) groups excluding carboxylic acids is 1. The van der Waals surface area contributed by atoms with E-state index in [2.05, 4.69) is 41.7 Å². The van der Waals surface area contributed by atoms with Gasteiger partial charge < -0.3 is 10.1 Å². The van der Waals surface area contributed by atoms with Crippen LogP contribution in [0, 0.1) is 0 Å². The molecule has 3 nitrogen and oxygen atoms in total. The highest BCUT2D eigenvalue weighted by Gasteiger charge is 2.16. The van der Waals surface area contributed by atoms with Crippen molar-refractivity contribution >= 4 is 12.2 Å². The Hall–Kier alpha value is -2.55. The number of rotatable bonds is 6. The molecule has 2 rings (SSSR count). The van der Waals surface area contributed by atoms with Gasteiger partial charge in [0.2, 0.25) is 0 Å². The summed E-state index contributed by atoms with van der Waals surface area (Å²) in [5.41, 5.74) is 1.93. The molecule has 132 valence electrons. The molecular formula is C22H27NO2. The SMILES string of the molecule is CC(C)(C)OC(=O)NCC[C@H](/C=C/c1ccccc1)c1ccccc1.